The van der Waals surface area contributed by atoms with Crippen molar-refractivity contribution < 1.29 is 19.0 Å². The zero-order valence-corrected chi connectivity index (χ0v) is 21.5. The number of halogens is 2. The van der Waals surface area contributed by atoms with Gasteiger partial charge >= 0.3 is 0 Å². The minimum atomic E-state index is -1.08. The van der Waals surface area contributed by atoms with E-state index in [0.717, 1.165) is 37.6 Å². The van der Waals surface area contributed by atoms with E-state index in [4.69, 9.17) is 37.4 Å². The van der Waals surface area contributed by atoms with Crippen LogP contribution in [0.5, 0.6) is 5.75 Å². The first-order valence-corrected chi connectivity index (χ1v) is 12.6. The van der Waals surface area contributed by atoms with Crippen LogP contribution in [-0.4, -0.2) is 65.9 Å². The van der Waals surface area contributed by atoms with Gasteiger partial charge in [0.15, 0.2) is 0 Å². The van der Waals surface area contributed by atoms with E-state index in [2.05, 4.69) is 9.88 Å². The smallest absolute Gasteiger partial charge is 0.219 e. The highest BCUT2D eigenvalue weighted by Gasteiger charge is 2.45. The summed E-state index contributed by atoms with van der Waals surface area (Å²) in [7, 11) is 0. The maximum Gasteiger partial charge on any atom is 0.219 e. The molecule has 3 aromatic rings. The number of carbonyl (C=O) groups excluding carboxylic acids is 1. The van der Waals surface area contributed by atoms with Gasteiger partial charge in [0, 0.05) is 61.8 Å². The molecule has 0 spiro atoms. The summed E-state index contributed by atoms with van der Waals surface area (Å²) in [6.07, 6.45) is 4.98. The van der Waals surface area contributed by atoms with Crippen LogP contribution in [0.3, 0.4) is 0 Å². The summed E-state index contributed by atoms with van der Waals surface area (Å²) in [5.74, 6) is -0.201. The minimum Gasteiger partial charge on any atom is -0.491 e. The monoisotopic (exact) mass is 531 g/mol. The van der Waals surface area contributed by atoms with E-state index in [9.17, 15) is 4.79 Å². The summed E-state index contributed by atoms with van der Waals surface area (Å²) < 4.78 is 20.6. The quantitative estimate of drug-likeness (QED) is 0.425. The van der Waals surface area contributed by atoms with Gasteiger partial charge in [-0.25, -0.2) is 4.98 Å². The highest BCUT2D eigenvalue weighted by Crippen LogP contribution is 2.40. The standard InChI is InChI=1S/C26H28Cl2N4O4/c1-19(33)31-10-12-32(13-11-31)21-3-5-22(6-4-21)34-15-23-16-35-26(36-23,17-30-9-8-29-18-30)24-7-2-20(27)14-25(24)28/h2-9,14,18,23H,10-13,15-17H2,1H3/t23-,26-/m0/s1/i19+1. The van der Waals surface area contributed by atoms with Gasteiger partial charge in [-0.05, 0) is 36.4 Å². The molecule has 1 aromatic heterocycles. The van der Waals surface area contributed by atoms with Gasteiger partial charge in [-0.1, -0.05) is 29.3 Å². The van der Waals surface area contributed by atoms with Gasteiger partial charge in [-0.3, -0.25) is 4.79 Å². The highest BCUT2D eigenvalue weighted by molar-refractivity contribution is 6.35. The minimum absolute atomic E-state index is 0.129. The Morgan fingerprint density at radius 3 is 2.58 bits per heavy atom. The summed E-state index contributed by atoms with van der Waals surface area (Å²) >= 11 is 12.7. The number of ether oxygens (including phenoxy) is 3. The first kappa shape index (κ1) is 24.9. The van der Waals surface area contributed by atoms with Crippen molar-refractivity contribution in [3.63, 3.8) is 0 Å². The number of hydrogen-bond acceptors (Lipinski definition) is 6. The number of piperazine rings is 1. The molecule has 190 valence electrons. The highest BCUT2D eigenvalue weighted by atomic mass is 35.5. The van der Waals surface area contributed by atoms with Crippen LogP contribution < -0.4 is 9.64 Å². The number of imidazole rings is 1. The second kappa shape index (κ2) is 10.7. The maximum atomic E-state index is 11.6. The Bertz CT molecular complexity index is 1180. The van der Waals surface area contributed by atoms with E-state index in [1.165, 1.54) is 0 Å². The average Bonchev–Trinajstić information content (AvgIpc) is 3.54. The first-order chi connectivity index (χ1) is 17.4. The fraction of sp³-hybridized carbons (Fsp3) is 0.385. The molecule has 8 nitrogen and oxygen atoms in total. The fourth-order valence-electron chi connectivity index (χ4n) is 4.60. The zero-order chi connectivity index (χ0) is 25.1. The molecular weight excluding hydrogens is 504 g/mol. The molecule has 0 aliphatic carbocycles. The molecule has 1 amide bonds. The Morgan fingerprint density at radius 1 is 1.14 bits per heavy atom. The van der Waals surface area contributed by atoms with Crippen molar-refractivity contribution in [2.75, 3.05) is 44.3 Å². The molecule has 2 aliphatic heterocycles. The molecule has 2 saturated heterocycles. The number of nitrogens with zero attached hydrogens (tertiary/aromatic N) is 4. The van der Waals surface area contributed by atoms with Crippen LogP contribution in [-0.2, 0) is 26.6 Å². The van der Waals surface area contributed by atoms with Crippen LogP contribution in [0.4, 0.5) is 5.69 Å². The lowest BCUT2D eigenvalue weighted by molar-refractivity contribution is -0.189. The van der Waals surface area contributed by atoms with Gasteiger partial charge in [0.25, 0.3) is 0 Å². The molecule has 0 bridgehead atoms. The Hall–Kier alpha value is -2.78. The number of carbonyl (C=O) groups is 1. The third-order valence-corrected chi connectivity index (χ3v) is 7.06. The zero-order valence-electron chi connectivity index (χ0n) is 20.0. The Morgan fingerprint density at radius 2 is 1.92 bits per heavy atom. The second-order valence-electron chi connectivity index (χ2n) is 8.96. The predicted molar refractivity (Wildman–Crippen MR) is 138 cm³/mol. The number of anilines is 1. The van der Waals surface area contributed by atoms with Gasteiger partial charge in [0.2, 0.25) is 11.7 Å². The van der Waals surface area contributed by atoms with Crippen molar-refractivity contribution >= 4 is 34.8 Å². The van der Waals surface area contributed by atoms with Crippen molar-refractivity contribution in [1.29, 1.82) is 0 Å². The van der Waals surface area contributed by atoms with Crippen molar-refractivity contribution in [3.05, 3.63) is 76.8 Å². The lowest BCUT2D eigenvalue weighted by atomic mass is 10.1. The normalized spacial score (nSPS) is 22.1. The lowest BCUT2D eigenvalue weighted by Gasteiger charge is -2.35. The maximum absolute atomic E-state index is 11.6. The molecule has 2 aliphatic rings. The van der Waals surface area contributed by atoms with Crippen molar-refractivity contribution in [2.24, 2.45) is 0 Å². The van der Waals surface area contributed by atoms with Gasteiger partial charge in [-0.15, -0.1) is 0 Å². The number of rotatable bonds is 7. The first-order valence-electron chi connectivity index (χ1n) is 11.9. The SMILES string of the molecule is C[13C](=O)N1CCN(c2ccc(OC[C@H]3CO[C@](Cn4ccnc4)(c4ccc(Cl)cc4Cl)O3)cc2)CC1. The van der Waals surface area contributed by atoms with Crippen LogP contribution >= 0.6 is 23.2 Å². The summed E-state index contributed by atoms with van der Waals surface area (Å²) in [5, 5.41) is 1.02. The van der Waals surface area contributed by atoms with Gasteiger partial charge in [-0.2, -0.15) is 0 Å². The second-order valence-corrected chi connectivity index (χ2v) is 9.80. The fourth-order valence-corrected chi connectivity index (χ4v) is 5.15. The summed E-state index contributed by atoms with van der Waals surface area (Å²) in [4.78, 5) is 19.8. The molecule has 3 heterocycles. The van der Waals surface area contributed by atoms with Gasteiger partial charge in [0.05, 0.1) is 24.5 Å². The summed E-state index contributed by atoms with van der Waals surface area (Å²) in [5.41, 5.74) is 1.82. The molecule has 10 heteroatoms. The predicted octanol–water partition coefficient (Wildman–Crippen LogP) is 4.21. The Labute approximate surface area is 220 Å². The number of amides is 1. The van der Waals surface area contributed by atoms with E-state index in [1.54, 1.807) is 31.6 Å². The van der Waals surface area contributed by atoms with Gasteiger partial charge < -0.3 is 28.6 Å². The van der Waals surface area contributed by atoms with Crippen LogP contribution in [0.25, 0.3) is 0 Å². The molecule has 2 atom stereocenters. The third-order valence-electron chi connectivity index (χ3n) is 6.51. The van der Waals surface area contributed by atoms with E-state index >= 15 is 0 Å². The van der Waals surface area contributed by atoms with E-state index < -0.39 is 5.79 Å². The number of aromatic nitrogens is 2. The summed E-state index contributed by atoms with van der Waals surface area (Å²) in [6.45, 7) is 5.80. The molecule has 2 aromatic carbocycles. The van der Waals surface area contributed by atoms with Crippen molar-refractivity contribution in [2.45, 2.75) is 25.4 Å². The topological polar surface area (TPSA) is 69.1 Å². The number of benzene rings is 2. The van der Waals surface area contributed by atoms with E-state index in [1.807, 2.05) is 46.0 Å². The van der Waals surface area contributed by atoms with E-state index in [0.29, 0.717) is 35.4 Å². The molecule has 36 heavy (non-hydrogen) atoms. The molecule has 0 radical (unpaired) electrons. The summed E-state index contributed by atoms with van der Waals surface area (Å²) in [6, 6.07) is 13.3. The number of hydrogen-bond donors (Lipinski definition) is 0. The third kappa shape index (κ3) is 5.47. The molecule has 5 rings (SSSR count). The van der Waals surface area contributed by atoms with Crippen molar-refractivity contribution in [1.82, 2.24) is 14.5 Å². The lowest BCUT2D eigenvalue weighted by Crippen LogP contribution is -2.48. The molecular formula is C26H28Cl2N4O4. The van der Waals surface area contributed by atoms with Crippen LogP contribution in [0.2, 0.25) is 10.0 Å². The molecule has 2 fully saturated rings. The largest absolute Gasteiger partial charge is 0.491 e. The van der Waals surface area contributed by atoms with Crippen LogP contribution in [0, 0.1) is 0 Å². The van der Waals surface area contributed by atoms with Crippen LogP contribution in [0.15, 0.2) is 61.2 Å². The Kier molecular flexibility index (Phi) is 7.39. The molecule has 0 saturated carbocycles. The molecule has 0 unspecified atom stereocenters. The van der Waals surface area contributed by atoms with E-state index in [-0.39, 0.29) is 12.0 Å². The van der Waals surface area contributed by atoms with Crippen LogP contribution in [0.1, 0.15) is 12.5 Å². The van der Waals surface area contributed by atoms with Crippen molar-refractivity contribution in [3.8, 4) is 5.75 Å². The van der Waals surface area contributed by atoms with Gasteiger partial charge in [0.1, 0.15) is 18.5 Å². The molecule has 0 N–H and O–H groups in total. The Balaban J connectivity index is 1.22. The average molecular weight is 532 g/mol.